The molecule has 1 fully saturated rings. The van der Waals surface area contributed by atoms with Crippen LogP contribution in [0.25, 0.3) is 0 Å². The predicted octanol–water partition coefficient (Wildman–Crippen LogP) is 1.37. The maximum Gasteiger partial charge on any atom is 0.242 e. The van der Waals surface area contributed by atoms with Crippen LogP contribution in [0.15, 0.2) is 29.2 Å². The van der Waals surface area contributed by atoms with Gasteiger partial charge in [0.25, 0.3) is 0 Å². The summed E-state index contributed by atoms with van der Waals surface area (Å²) < 4.78 is 26.9. The second-order valence-electron chi connectivity index (χ2n) is 4.09. The highest BCUT2D eigenvalue weighted by molar-refractivity contribution is 7.89. The Morgan fingerprint density at radius 1 is 1.35 bits per heavy atom. The van der Waals surface area contributed by atoms with E-state index in [4.69, 9.17) is 11.6 Å². The van der Waals surface area contributed by atoms with E-state index in [1.54, 1.807) is 18.2 Å². The molecule has 94 valence electrons. The van der Waals surface area contributed by atoms with Crippen LogP contribution in [0.4, 0.5) is 0 Å². The van der Waals surface area contributed by atoms with E-state index in [2.05, 4.69) is 10.0 Å². The lowest BCUT2D eigenvalue weighted by molar-refractivity contribution is 0.428. The Labute approximate surface area is 106 Å². The monoisotopic (exact) mass is 274 g/mol. The van der Waals surface area contributed by atoms with E-state index >= 15 is 0 Å². The van der Waals surface area contributed by atoms with E-state index in [1.807, 2.05) is 0 Å². The molecule has 2 rings (SSSR count). The number of sulfonamides is 1. The van der Waals surface area contributed by atoms with Gasteiger partial charge in [0, 0.05) is 12.6 Å². The van der Waals surface area contributed by atoms with Gasteiger partial charge in [-0.3, -0.25) is 0 Å². The van der Waals surface area contributed by atoms with Crippen molar-refractivity contribution in [3.8, 4) is 0 Å². The third kappa shape index (κ3) is 3.19. The van der Waals surface area contributed by atoms with Crippen molar-refractivity contribution in [1.29, 1.82) is 0 Å². The van der Waals surface area contributed by atoms with Crippen molar-refractivity contribution in [2.45, 2.75) is 23.8 Å². The number of nitrogens with one attached hydrogen (secondary N) is 2. The van der Waals surface area contributed by atoms with Gasteiger partial charge in [-0.25, -0.2) is 13.1 Å². The Bertz CT molecular complexity index is 484. The molecule has 0 bridgehead atoms. The van der Waals surface area contributed by atoms with Crippen molar-refractivity contribution < 1.29 is 8.42 Å². The van der Waals surface area contributed by atoms with Crippen LogP contribution in [0, 0.1) is 0 Å². The van der Waals surface area contributed by atoms with Crippen LogP contribution in [0.2, 0.25) is 5.02 Å². The molecule has 0 aromatic heterocycles. The van der Waals surface area contributed by atoms with E-state index in [0.717, 1.165) is 19.4 Å². The first-order chi connectivity index (χ1) is 8.09. The summed E-state index contributed by atoms with van der Waals surface area (Å²) in [7, 11) is -3.51. The number of piperidine rings is 1. The van der Waals surface area contributed by atoms with Crippen molar-refractivity contribution in [2.75, 3.05) is 13.1 Å². The molecule has 1 aromatic carbocycles. The maximum absolute atomic E-state index is 12.1. The van der Waals surface area contributed by atoms with Crippen molar-refractivity contribution in [2.24, 2.45) is 0 Å². The SMILES string of the molecule is O=S(=O)(N[C@@H]1CCCNC1)c1ccccc1Cl. The van der Waals surface area contributed by atoms with Crippen molar-refractivity contribution in [1.82, 2.24) is 10.0 Å². The molecule has 0 spiro atoms. The van der Waals surface area contributed by atoms with Crippen LogP contribution in [-0.2, 0) is 10.0 Å². The van der Waals surface area contributed by atoms with Gasteiger partial charge in [0.05, 0.1) is 5.02 Å². The Balaban J connectivity index is 2.16. The quantitative estimate of drug-likeness (QED) is 0.875. The van der Waals surface area contributed by atoms with Crippen molar-refractivity contribution in [3.05, 3.63) is 29.3 Å². The fourth-order valence-electron chi connectivity index (χ4n) is 1.90. The third-order valence-corrected chi connectivity index (χ3v) is 4.77. The zero-order chi connectivity index (χ0) is 12.3. The predicted molar refractivity (Wildman–Crippen MR) is 67.7 cm³/mol. The average molecular weight is 275 g/mol. The standard InChI is InChI=1S/C11H15ClN2O2S/c12-10-5-1-2-6-11(10)17(15,16)14-9-4-3-7-13-8-9/h1-2,5-6,9,13-14H,3-4,7-8H2/t9-/m1/s1. The van der Waals surface area contributed by atoms with E-state index in [0.29, 0.717) is 6.54 Å². The lowest BCUT2D eigenvalue weighted by Gasteiger charge is -2.23. The Kier molecular flexibility index (Phi) is 4.04. The molecule has 1 aliphatic heterocycles. The highest BCUT2D eigenvalue weighted by Crippen LogP contribution is 2.20. The molecule has 2 N–H and O–H groups in total. The molecule has 0 saturated carbocycles. The molecule has 0 aliphatic carbocycles. The van der Waals surface area contributed by atoms with E-state index in [1.165, 1.54) is 6.07 Å². The Morgan fingerprint density at radius 2 is 2.12 bits per heavy atom. The maximum atomic E-state index is 12.1. The summed E-state index contributed by atoms with van der Waals surface area (Å²) in [5.41, 5.74) is 0. The zero-order valence-electron chi connectivity index (χ0n) is 9.32. The van der Waals surface area contributed by atoms with Gasteiger partial charge in [-0.15, -0.1) is 0 Å². The van der Waals surface area contributed by atoms with E-state index in [-0.39, 0.29) is 16.0 Å². The van der Waals surface area contributed by atoms with Crippen LogP contribution < -0.4 is 10.0 Å². The molecule has 0 amide bonds. The molecule has 6 heteroatoms. The van der Waals surface area contributed by atoms with Crippen LogP contribution in [0.3, 0.4) is 0 Å². The van der Waals surface area contributed by atoms with Gasteiger partial charge in [0.15, 0.2) is 0 Å². The van der Waals surface area contributed by atoms with Gasteiger partial charge >= 0.3 is 0 Å². The smallest absolute Gasteiger partial charge is 0.242 e. The van der Waals surface area contributed by atoms with Crippen molar-refractivity contribution >= 4 is 21.6 Å². The first-order valence-corrected chi connectivity index (χ1v) is 7.43. The lowest BCUT2D eigenvalue weighted by atomic mass is 10.1. The summed E-state index contributed by atoms with van der Waals surface area (Å²) in [5, 5.41) is 3.42. The molecular weight excluding hydrogens is 260 g/mol. The summed E-state index contributed by atoms with van der Waals surface area (Å²) >= 11 is 5.89. The second-order valence-corrected chi connectivity index (χ2v) is 6.18. The Morgan fingerprint density at radius 3 is 2.76 bits per heavy atom. The summed E-state index contributed by atoms with van der Waals surface area (Å²) in [6.45, 7) is 1.62. The van der Waals surface area contributed by atoms with Gasteiger partial charge < -0.3 is 5.32 Å². The van der Waals surface area contributed by atoms with Gasteiger partial charge in [-0.2, -0.15) is 0 Å². The minimum absolute atomic E-state index is 0.0509. The number of hydrogen-bond acceptors (Lipinski definition) is 3. The number of benzene rings is 1. The molecule has 0 unspecified atom stereocenters. The summed E-state index contributed by atoms with van der Waals surface area (Å²) in [4.78, 5) is 0.146. The number of halogens is 1. The Hall–Kier alpha value is -0.620. The molecule has 1 heterocycles. The first-order valence-electron chi connectivity index (χ1n) is 5.57. The molecule has 17 heavy (non-hydrogen) atoms. The highest BCUT2D eigenvalue weighted by atomic mass is 35.5. The first kappa shape index (κ1) is 12.8. The fraction of sp³-hybridized carbons (Fsp3) is 0.455. The van der Waals surface area contributed by atoms with Gasteiger partial charge in [-0.1, -0.05) is 23.7 Å². The number of rotatable bonds is 3. The fourth-order valence-corrected chi connectivity index (χ4v) is 3.69. The van der Waals surface area contributed by atoms with E-state index in [9.17, 15) is 8.42 Å². The molecule has 1 aromatic rings. The molecule has 1 saturated heterocycles. The molecular formula is C11H15ClN2O2S. The topological polar surface area (TPSA) is 58.2 Å². The largest absolute Gasteiger partial charge is 0.315 e. The minimum atomic E-state index is -3.51. The van der Waals surface area contributed by atoms with Crippen LogP contribution >= 0.6 is 11.6 Å². The molecule has 4 nitrogen and oxygen atoms in total. The summed E-state index contributed by atoms with van der Waals surface area (Å²) in [6.07, 6.45) is 1.84. The number of hydrogen-bond donors (Lipinski definition) is 2. The highest BCUT2D eigenvalue weighted by Gasteiger charge is 2.23. The minimum Gasteiger partial charge on any atom is -0.315 e. The van der Waals surface area contributed by atoms with Crippen LogP contribution in [-0.4, -0.2) is 27.5 Å². The summed E-state index contributed by atoms with van der Waals surface area (Å²) in [5.74, 6) is 0. The normalized spacial score (nSPS) is 21.4. The summed E-state index contributed by atoms with van der Waals surface area (Å²) in [6, 6.07) is 6.42. The molecule has 1 aliphatic rings. The lowest BCUT2D eigenvalue weighted by Crippen LogP contribution is -2.45. The zero-order valence-corrected chi connectivity index (χ0v) is 10.9. The van der Waals surface area contributed by atoms with Crippen LogP contribution in [0.1, 0.15) is 12.8 Å². The van der Waals surface area contributed by atoms with Gasteiger partial charge in [0.1, 0.15) is 4.90 Å². The third-order valence-electron chi connectivity index (χ3n) is 2.74. The molecule has 0 radical (unpaired) electrons. The van der Waals surface area contributed by atoms with Gasteiger partial charge in [-0.05, 0) is 31.5 Å². The van der Waals surface area contributed by atoms with Crippen molar-refractivity contribution in [3.63, 3.8) is 0 Å². The second kappa shape index (κ2) is 5.35. The van der Waals surface area contributed by atoms with Crippen LogP contribution in [0.5, 0.6) is 0 Å². The van der Waals surface area contributed by atoms with Gasteiger partial charge in [0.2, 0.25) is 10.0 Å². The van der Waals surface area contributed by atoms with E-state index < -0.39 is 10.0 Å². The average Bonchev–Trinajstić information content (AvgIpc) is 2.30. The molecule has 1 atom stereocenters.